The van der Waals surface area contributed by atoms with E-state index in [9.17, 15) is 9.59 Å². The molecule has 6 heteroatoms. The quantitative estimate of drug-likeness (QED) is 0.810. The Labute approximate surface area is 111 Å². The van der Waals surface area contributed by atoms with Crippen molar-refractivity contribution < 1.29 is 19.4 Å². The number of amides is 1. The fourth-order valence-electron chi connectivity index (χ4n) is 1.36. The first-order valence-corrected chi connectivity index (χ1v) is 5.94. The van der Waals surface area contributed by atoms with E-state index in [1.165, 1.54) is 13.3 Å². The number of hydrogen-bond acceptors (Lipinski definition) is 4. The van der Waals surface area contributed by atoms with E-state index in [0.717, 1.165) is 0 Å². The molecular formula is C13H18N2O4. The number of pyridine rings is 1. The highest BCUT2D eigenvalue weighted by atomic mass is 16.5. The Kier molecular flexibility index (Phi) is 4.86. The number of carbonyl (C=O) groups excluding carboxylic acids is 1. The average Bonchev–Trinajstić information content (AvgIpc) is 2.44. The first-order valence-electron chi connectivity index (χ1n) is 5.94. The van der Waals surface area contributed by atoms with Crippen LogP contribution in [0.25, 0.3) is 0 Å². The molecule has 0 aromatic carbocycles. The molecular weight excluding hydrogens is 248 g/mol. The summed E-state index contributed by atoms with van der Waals surface area (Å²) in [6, 6.07) is 3.15. The molecule has 0 aliphatic rings. The van der Waals surface area contributed by atoms with Crippen molar-refractivity contribution in [3.05, 3.63) is 23.9 Å². The highest BCUT2D eigenvalue weighted by molar-refractivity contribution is 5.94. The average molecular weight is 266 g/mol. The van der Waals surface area contributed by atoms with E-state index in [1.54, 1.807) is 26.0 Å². The molecule has 1 aromatic rings. The first kappa shape index (κ1) is 14.9. The molecule has 1 rings (SSSR count). The van der Waals surface area contributed by atoms with Gasteiger partial charge in [-0.15, -0.1) is 0 Å². The Bertz CT molecular complexity index is 458. The minimum Gasteiger partial charge on any atom is -0.481 e. The molecule has 2 N–H and O–H groups in total. The summed E-state index contributed by atoms with van der Waals surface area (Å²) in [5.41, 5.74) is -0.597. The summed E-state index contributed by atoms with van der Waals surface area (Å²) < 4.78 is 4.89. The van der Waals surface area contributed by atoms with Crippen LogP contribution in [0.4, 0.5) is 0 Å². The van der Waals surface area contributed by atoms with Crippen LogP contribution in [0.5, 0.6) is 5.88 Å². The number of carbonyl (C=O) groups is 2. The normalized spacial score (nSPS) is 13.4. The van der Waals surface area contributed by atoms with Gasteiger partial charge in [-0.2, -0.15) is 0 Å². The summed E-state index contributed by atoms with van der Waals surface area (Å²) in [4.78, 5) is 26.9. The zero-order valence-corrected chi connectivity index (χ0v) is 11.3. The molecule has 0 fully saturated rings. The molecule has 104 valence electrons. The van der Waals surface area contributed by atoms with Crippen molar-refractivity contribution in [1.82, 2.24) is 10.3 Å². The molecule has 0 saturated heterocycles. The third-order valence-electron chi connectivity index (χ3n) is 3.14. The Hall–Kier alpha value is -2.11. The van der Waals surface area contributed by atoms with Crippen molar-refractivity contribution in [2.75, 3.05) is 13.7 Å². The second kappa shape index (κ2) is 6.17. The molecule has 1 aromatic heterocycles. The van der Waals surface area contributed by atoms with E-state index in [1.807, 2.05) is 0 Å². The Balaban J connectivity index is 2.66. The number of nitrogens with zero attached hydrogens (tertiary/aromatic N) is 1. The van der Waals surface area contributed by atoms with Crippen LogP contribution >= 0.6 is 0 Å². The molecule has 1 amide bonds. The van der Waals surface area contributed by atoms with Crippen molar-refractivity contribution in [2.45, 2.75) is 20.3 Å². The second-order valence-electron chi connectivity index (χ2n) is 4.49. The molecule has 0 spiro atoms. The number of carboxylic acids is 1. The van der Waals surface area contributed by atoms with E-state index in [4.69, 9.17) is 9.84 Å². The van der Waals surface area contributed by atoms with Gasteiger partial charge in [-0.1, -0.05) is 6.92 Å². The Morgan fingerprint density at radius 2 is 2.16 bits per heavy atom. The van der Waals surface area contributed by atoms with Crippen LogP contribution in [0.3, 0.4) is 0 Å². The number of methoxy groups -OCH3 is 1. The highest BCUT2D eigenvalue weighted by Gasteiger charge is 2.31. The molecule has 0 aliphatic heterocycles. The van der Waals surface area contributed by atoms with Gasteiger partial charge in [0, 0.05) is 18.8 Å². The van der Waals surface area contributed by atoms with Crippen molar-refractivity contribution in [3.63, 3.8) is 0 Å². The van der Waals surface area contributed by atoms with Gasteiger partial charge >= 0.3 is 5.97 Å². The van der Waals surface area contributed by atoms with Crippen LogP contribution in [0.2, 0.25) is 0 Å². The zero-order chi connectivity index (χ0) is 14.5. The highest BCUT2D eigenvalue weighted by Crippen LogP contribution is 2.20. The molecule has 1 unspecified atom stereocenters. The van der Waals surface area contributed by atoms with E-state index >= 15 is 0 Å². The minimum atomic E-state index is -0.963. The Morgan fingerprint density at radius 1 is 1.47 bits per heavy atom. The molecule has 0 saturated carbocycles. The van der Waals surface area contributed by atoms with Crippen LogP contribution in [0.1, 0.15) is 30.6 Å². The summed E-state index contributed by atoms with van der Waals surface area (Å²) in [5.74, 6) is -0.861. The van der Waals surface area contributed by atoms with Gasteiger partial charge in [-0.3, -0.25) is 9.59 Å². The van der Waals surface area contributed by atoms with Crippen molar-refractivity contribution in [3.8, 4) is 5.88 Å². The Morgan fingerprint density at radius 3 is 2.58 bits per heavy atom. The first-order chi connectivity index (χ1) is 8.92. The summed E-state index contributed by atoms with van der Waals surface area (Å²) in [6.45, 7) is 3.45. The smallest absolute Gasteiger partial charge is 0.311 e. The summed E-state index contributed by atoms with van der Waals surface area (Å²) in [7, 11) is 1.49. The molecule has 0 radical (unpaired) electrons. The van der Waals surface area contributed by atoms with Crippen molar-refractivity contribution in [1.29, 1.82) is 0 Å². The number of rotatable bonds is 6. The number of carboxylic acid groups (broad SMARTS) is 1. The SMILES string of the molecule is CCC(C)(CNC(=O)c1ccc(OC)nc1)C(=O)O. The maximum atomic E-state index is 11.8. The lowest BCUT2D eigenvalue weighted by Gasteiger charge is -2.23. The van der Waals surface area contributed by atoms with Gasteiger partial charge in [0.05, 0.1) is 18.1 Å². The number of nitrogens with one attached hydrogen (secondary N) is 1. The topological polar surface area (TPSA) is 88.5 Å². The number of hydrogen-bond donors (Lipinski definition) is 2. The lowest BCUT2D eigenvalue weighted by molar-refractivity contribution is -0.147. The van der Waals surface area contributed by atoms with Gasteiger partial charge in [0.2, 0.25) is 5.88 Å². The van der Waals surface area contributed by atoms with Gasteiger partial charge in [0.1, 0.15) is 0 Å². The van der Waals surface area contributed by atoms with Gasteiger partial charge in [-0.25, -0.2) is 4.98 Å². The van der Waals surface area contributed by atoms with E-state index in [-0.39, 0.29) is 12.5 Å². The van der Waals surface area contributed by atoms with Gasteiger partial charge < -0.3 is 15.2 Å². The van der Waals surface area contributed by atoms with Gasteiger partial charge in [0.15, 0.2) is 0 Å². The van der Waals surface area contributed by atoms with Crippen molar-refractivity contribution >= 4 is 11.9 Å². The predicted octanol–water partition coefficient (Wildman–Crippen LogP) is 1.32. The van der Waals surface area contributed by atoms with Crippen LogP contribution in [0.15, 0.2) is 18.3 Å². The van der Waals surface area contributed by atoms with E-state index < -0.39 is 11.4 Å². The fraction of sp³-hybridized carbons (Fsp3) is 0.462. The van der Waals surface area contributed by atoms with Crippen LogP contribution < -0.4 is 10.1 Å². The van der Waals surface area contributed by atoms with Gasteiger partial charge in [-0.05, 0) is 19.4 Å². The van der Waals surface area contributed by atoms with Crippen LogP contribution in [-0.4, -0.2) is 35.6 Å². The maximum absolute atomic E-state index is 11.8. The number of ether oxygens (including phenoxy) is 1. The zero-order valence-electron chi connectivity index (χ0n) is 11.3. The third-order valence-corrected chi connectivity index (χ3v) is 3.14. The molecule has 6 nitrogen and oxygen atoms in total. The maximum Gasteiger partial charge on any atom is 0.311 e. The molecule has 0 aliphatic carbocycles. The van der Waals surface area contributed by atoms with Crippen LogP contribution in [0, 0.1) is 5.41 Å². The van der Waals surface area contributed by atoms with Gasteiger partial charge in [0.25, 0.3) is 5.91 Å². The summed E-state index contributed by atoms with van der Waals surface area (Å²) in [6.07, 6.45) is 1.82. The minimum absolute atomic E-state index is 0.0731. The van der Waals surface area contributed by atoms with E-state index in [0.29, 0.717) is 17.9 Å². The standard InChI is InChI=1S/C13H18N2O4/c1-4-13(2,12(17)18)8-15-11(16)9-5-6-10(19-3)14-7-9/h5-7H,4,8H2,1-3H3,(H,15,16)(H,17,18). The van der Waals surface area contributed by atoms with Crippen molar-refractivity contribution in [2.24, 2.45) is 5.41 Å². The molecule has 0 bridgehead atoms. The molecule has 1 atom stereocenters. The van der Waals surface area contributed by atoms with Crippen LogP contribution in [-0.2, 0) is 4.79 Å². The summed E-state index contributed by atoms with van der Waals surface area (Å²) >= 11 is 0. The second-order valence-corrected chi connectivity index (χ2v) is 4.49. The molecule has 1 heterocycles. The fourth-order valence-corrected chi connectivity index (χ4v) is 1.36. The lowest BCUT2D eigenvalue weighted by atomic mass is 9.87. The monoisotopic (exact) mass is 266 g/mol. The predicted molar refractivity (Wildman–Crippen MR) is 69.2 cm³/mol. The largest absolute Gasteiger partial charge is 0.481 e. The third kappa shape index (κ3) is 3.67. The lowest BCUT2D eigenvalue weighted by Crippen LogP contribution is -2.40. The summed E-state index contributed by atoms with van der Waals surface area (Å²) in [5, 5.41) is 11.7. The number of aliphatic carboxylic acids is 1. The molecule has 19 heavy (non-hydrogen) atoms. The van der Waals surface area contributed by atoms with E-state index in [2.05, 4.69) is 10.3 Å². The number of aromatic nitrogens is 1.